The van der Waals surface area contributed by atoms with Gasteiger partial charge >= 0.3 is 0 Å². The quantitative estimate of drug-likeness (QED) is 0.348. The first kappa shape index (κ1) is 22.9. The first-order chi connectivity index (χ1) is 16.1. The van der Waals surface area contributed by atoms with E-state index in [1.165, 1.54) is 0 Å². The SMILES string of the molecule is CC(CO)OCC(O)(c1ccccc1)C(c1ccccc1)(c1ccccc1)c1ccccc1. The summed E-state index contributed by atoms with van der Waals surface area (Å²) in [6.45, 7) is 1.68. The molecule has 3 nitrogen and oxygen atoms in total. The molecule has 0 aromatic heterocycles. The van der Waals surface area contributed by atoms with Gasteiger partial charge in [0.15, 0.2) is 0 Å². The standard InChI is InChI=1S/C30H30O3/c1-24(22-31)33-23-29(32,25-14-6-2-7-15-25)30(26-16-8-3-9-17-26,27-18-10-4-11-19-27)28-20-12-5-13-21-28/h2-21,24,31-32H,22-23H2,1H3. The summed E-state index contributed by atoms with van der Waals surface area (Å²) in [6.07, 6.45) is -0.416. The van der Waals surface area contributed by atoms with Crippen molar-refractivity contribution < 1.29 is 14.9 Å². The Morgan fingerprint density at radius 2 is 0.939 bits per heavy atom. The van der Waals surface area contributed by atoms with Gasteiger partial charge in [-0.1, -0.05) is 121 Å². The van der Waals surface area contributed by atoms with E-state index in [1.807, 2.05) is 84.9 Å². The van der Waals surface area contributed by atoms with Crippen molar-refractivity contribution in [2.75, 3.05) is 13.2 Å². The van der Waals surface area contributed by atoms with Crippen LogP contribution >= 0.6 is 0 Å². The summed E-state index contributed by atoms with van der Waals surface area (Å²) in [5.74, 6) is 0. The molecule has 0 heterocycles. The lowest BCUT2D eigenvalue weighted by atomic mass is 9.57. The molecule has 4 aromatic rings. The number of hydrogen-bond donors (Lipinski definition) is 2. The van der Waals surface area contributed by atoms with Gasteiger partial charge in [0.2, 0.25) is 0 Å². The van der Waals surface area contributed by atoms with E-state index in [0.717, 1.165) is 22.3 Å². The van der Waals surface area contributed by atoms with Crippen molar-refractivity contribution >= 4 is 0 Å². The molecule has 2 atom stereocenters. The fourth-order valence-electron chi connectivity index (χ4n) is 4.72. The summed E-state index contributed by atoms with van der Waals surface area (Å²) in [6, 6.07) is 40.0. The molecule has 0 bridgehead atoms. The maximum absolute atomic E-state index is 12.9. The van der Waals surface area contributed by atoms with Crippen molar-refractivity contribution in [2.24, 2.45) is 0 Å². The van der Waals surface area contributed by atoms with Gasteiger partial charge in [0.1, 0.15) is 5.60 Å². The van der Waals surface area contributed by atoms with Crippen LogP contribution in [0.2, 0.25) is 0 Å². The Hall–Kier alpha value is -3.24. The van der Waals surface area contributed by atoms with Gasteiger partial charge in [-0.05, 0) is 29.2 Å². The number of benzene rings is 4. The molecule has 0 fully saturated rings. The molecule has 168 valence electrons. The van der Waals surface area contributed by atoms with Crippen LogP contribution in [0.1, 0.15) is 29.2 Å². The Balaban J connectivity index is 2.11. The van der Waals surface area contributed by atoms with Crippen LogP contribution in [0.3, 0.4) is 0 Å². The van der Waals surface area contributed by atoms with Gasteiger partial charge < -0.3 is 14.9 Å². The second kappa shape index (κ2) is 10.1. The summed E-state index contributed by atoms with van der Waals surface area (Å²) in [7, 11) is 0. The summed E-state index contributed by atoms with van der Waals surface area (Å²) < 4.78 is 6.08. The normalized spacial score (nSPS) is 14.4. The first-order valence-corrected chi connectivity index (χ1v) is 11.3. The molecule has 3 heteroatoms. The molecule has 0 aliphatic rings. The smallest absolute Gasteiger partial charge is 0.131 e. The van der Waals surface area contributed by atoms with E-state index in [9.17, 15) is 10.2 Å². The molecular formula is C30H30O3. The van der Waals surface area contributed by atoms with Crippen molar-refractivity contribution in [3.8, 4) is 0 Å². The van der Waals surface area contributed by atoms with E-state index < -0.39 is 17.1 Å². The molecule has 0 radical (unpaired) electrons. The average Bonchev–Trinajstić information content (AvgIpc) is 2.90. The largest absolute Gasteiger partial charge is 0.394 e. The van der Waals surface area contributed by atoms with E-state index in [4.69, 9.17) is 4.74 Å². The van der Waals surface area contributed by atoms with Crippen molar-refractivity contribution in [3.05, 3.63) is 144 Å². The molecule has 0 aliphatic carbocycles. The molecule has 0 saturated heterocycles. The predicted molar refractivity (Wildman–Crippen MR) is 132 cm³/mol. The van der Waals surface area contributed by atoms with Crippen LogP contribution in [-0.2, 0) is 15.8 Å². The van der Waals surface area contributed by atoms with Gasteiger partial charge in [-0.2, -0.15) is 0 Å². The van der Waals surface area contributed by atoms with Crippen molar-refractivity contribution in [3.63, 3.8) is 0 Å². The van der Waals surface area contributed by atoms with E-state index in [0.29, 0.717) is 0 Å². The summed E-state index contributed by atoms with van der Waals surface area (Å²) in [5.41, 5.74) is 1.14. The molecule has 4 rings (SSSR count). The highest BCUT2D eigenvalue weighted by Gasteiger charge is 2.55. The molecule has 33 heavy (non-hydrogen) atoms. The fourth-order valence-corrected chi connectivity index (χ4v) is 4.72. The van der Waals surface area contributed by atoms with Gasteiger partial charge in [0.05, 0.1) is 24.7 Å². The van der Waals surface area contributed by atoms with E-state index in [2.05, 4.69) is 36.4 Å². The highest BCUT2D eigenvalue weighted by atomic mass is 16.5. The van der Waals surface area contributed by atoms with Crippen molar-refractivity contribution in [2.45, 2.75) is 24.0 Å². The molecule has 0 aliphatic heterocycles. The first-order valence-electron chi connectivity index (χ1n) is 11.3. The Morgan fingerprint density at radius 3 is 1.27 bits per heavy atom. The minimum atomic E-state index is -1.48. The molecule has 0 spiro atoms. The molecule has 0 saturated carbocycles. The molecule has 4 aromatic carbocycles. The molecule has 2 unspecified atom stereocenters. The lowest BCUT2D eigenvalue weighted by molar-refractivity contribution is -0.109. The van der Waals surface area contributed by atoms with Crippen molar-refractivity contribution in [1.29, 1.82) is 0 Å². The van der Waals surface area contributed by atoms with E-state index >= 15 is 0 Å². The van der Waals surface area contributed by atoms with Gasteiger partial charge in [0, 0.05) is 0 Å². The third-order valence-corrected chi connectivity index (χ3v) is 6.33. The van der Waals surface area contributed by atoms with Gasteiger partial charge in [0.25, 0.3) is 0 Å². The van der Waals surface area contributed by atoms with Crippen LogP contribution in [0.4, 0.5) is 0 Å². The summed E-state index contributed by atoms with van der Waals surface area (Å²) in [4.78, 5) is 0. The van der Waals surface area contributed by atoms with Crippen LogP contribution in [0.5, 0.6) is 0 Å². The second-order valence-electron chi connectivity index (χ2n) is 8.38. The van der Waals surface area contributed by atoms with Crippen molar-refractivity contribution in [1.82, 2.24) is 0 Å². The zero-order chi connectivity index (χ0) is 23.2. The Labute approximate surface area is 195 Å². The number of hydrogen-bond acceptors (Lipinski definition) is 3. The van der Waals surface area contributed by atoms with Crippen LogP contribution in [0.15, 0.2) is 121 Å². The van der Waals surface area contributed by atoms with Gasteiger partial charge in [-0.15, -0.1) is 0 Å². The monoisotopic (exact) mass is 438 g/mol. The highest BCUT2D eigenvalue weighted by molar-refractivity contribution is 5.56. The van der Waals surface area contributed by atoms with Crippen LogP contribution in [0, 0.1) is 0 Å². The lowest BCUT2D eigenvalue weighted by Crippen LogP contribution is -2.54. The van der Waals surface area contributed by atoms with Gasteiger partial charge in [-0.25, -0.2) is 0 Å². The predicted octanol–water partition coefficient (Wildman–Crippen LogP) is 5.31. The lowest BCUT2D eigenvalue weighted by Gasteiger charge is -2.49. The third-order valence-electron chi connectivity index (χ3n) is 6.33. The van der Waals surface area contributed by atoms with Gasteiger partial charge in [-0.3, -0.25) is 0 Å². The Bertz CT molecular complexity index is 1020. The highest BCUT2D eigenvalue weighted by Crippen LogP contribution is 2.52. The number of aliphatic hydroxyl groups excluding tert-OH is 1. The van der Waals surface area contributed by atoms with Crippen LogP contribution in [0.25, 0.3) is 0 Å². The maximum atomic E-state index is 12.9. The zero-order valence-corrected chi connectivity index (χ0v) is 18.8. The molecule has 2 N–H and O–H groups in total. The minimum Gasteiger partial charge on any atom is -0.394 e. The number of rotatable bonds is 9. The Morgan fingerprint density at radius 1 is 0.606 bits per heavy atom. The third kappa shape index (κ3) is 4.23. The number of ether oxygens (including phenoxy) is 1. The minimum absolute atomic E-state index is 0.00256. The Kier molecular flexibility index (Phi) is 7.05. The van der Waals surface area contributed by atoms with Crippen LogP contribution < -0.4 is 0 Å². The topological polar surface area (TPSA) is 49.7 Å². The number of aliphatic hydroxyl groups is 2. The fraction of sp³-hybridized carbons (Fsp3) is 0.200. The zero-order valence-electron chi connectivity index (χ0n) is 18.8. The van der Waals surface area contributed by atoms with E-state index in [-0.39, 0.29) is 13.2 Å². The average molecular weight is 439 g/mol. The van der Waals surface area contributed by atoms with Crippen LogP contribution in [-0.4, -0.2) is 29.5 Å². The maximum Gasteiger partial charge on any atom is 0.131 e. The molecular weight excluding hydrogens is 408 g/mol. The van der Waals surface area contributed by atoms with E-state index in [1.54, 1.807) is 6.92 Å². The summed E-state index contributed by atoms with van der Waals surface area (Å²) in [5, 5.41) is 22.5. The second-order valence-corrected chi connectivity index (χ2v) is 8.38. The summed E-state index contributed by atoms with van der Waals surface area (Å²) >= 11 is 0. The molecule has 0 amide bonds.